The number of rotatable bonds is 4. The summed E-state index contributed by atoms with van der Waals surface area (Å²) in [5.41, 5.74) is 2.17. The van der Waals surface area contributed by atoms with Crippen molar-refractivity contribution in [3.8, 4) is 6.07 Å². The predicted molar refractivity (Wildman–Crippen MR) is 84.0 cm³/mol. The van der Waals surface area contributed by atoms with Crippen LogP contribution in [0.4, 0.5) is 5.82 Å². The predicted octanol–water partition coefficient (Wildman–Crippen LogP) is 0.731. The standard InChI is InChI=1S/C14H21N5O2S/c1-10-11(2)17-18-14(13(10)7-15)19-6-4-5-12(9-19)8-16-22(3,20)21/h12,16H,4-6,8-9H2,1-3H3/t12-/m1/s1. The van der Waals surface area contributed by atoms with Crippen LogP contribution in [0.1, 0.15) is 29.7 Å². The van der Waals surface area contributed by atoms with Crippen LogP contribution in [0, 0.1) is 31.1 Å². The lowest BCUT2D eigenvalue weighted by molar-refractivity contribution is 0.409. The Morgan fingerprint density at radius 2 is 2.14 bits per heavy atom. The molecule has 1 aliphatic rings. The van der Waals surface area contributed by atoms with E-state index in [0.717, 1.165) is 36.9 Å². The fraction of sp³-hybridized carbons (Fsp3) is 0.643. The minimum Gasteiger partial charge on any atom is -0.354 e. The maximum Gasteiger partial charge on any atom is 0.208 e. The molecular formula is C14H21N5O2S. The van der Waals surface area contributed by atoms with E-state index < -0.39 is 10.0 Å². The van der Waals surface area contributed by atoms with E-state index in [1.54, 1.807) is 0 Å². The van der Waals surface area contributed by atoms with E-state index in [4.69, 9.17) is 0 Å². The number of nitrogens with one attached hydrogen (secondary N) is 1. The molecule has 1 saturated heterocycles. The molecule has 1 aromatic heterocycles. The second-order valence-electron chi connectivity index (χ2n) is 5.80. The minimum absolute atomic E-state index is 0.207. The number of nitrogens with zero attached hydrogens (tertiary/aromatic N) is 4. The summed E-state index contributed by atoms with van der Waals surface area (Å²) >= 11 is 0. The summed E-state index contributed by atoms with van der Waals surface area (Å²) in [5.74, 6) is 0.813. The van der Waals surface area contributed by atoms with Gasteiger partial charge in [0.25, 0.3) is 0 Å². The van der Waals surface area contributed by atoms with Crippen molar-refractivity contribution in [3.63, 3.8) is 0 Å². The molecule has 1 atom stereocenters. The Balaban J connectivity index is 2.16. The number of aryl methyl sites for hydroxylation is 1. The van der Waals surface area contributed by atoms with Crippen molar-refractivity contribution >= 4 is 15.8 Å². The van der Waals surface area contributed by atoms with Crippen molar-refractivity contribution in [2.45, 2.75) is 26.7 Å². The number of hydrogen-bond acceptors (Lipinski definition) is 6. The van der Waals surface area contributed by atoms with Gasteiger partial charge in [-0.1, -0.05) is 0 Å². The fourth-order valence-electron chi connectivity index (χ4n) is 2.64. The summed E-state index contributed by atoms with van der Waals surface area (Å²) in [6.45, 7) is 5.60. The van der Waals surface area contributed by atoms with Crippen molar-refractivity contribution in [2.24, 2.45) is 5.92 Å². The average Bonchev–Trinajstić information content (AvgIpc) is 2.47. The Bertz CT molecular complexity index is 696. The molecule has 0 saturated carbocycles. The van der Waals surface area contributed by atoms with E-state index in [0.29, 0.717) is 24.5 Å². The number of anilines is 1. The molecule has 2 rings (SSSR count). The van der Waals surface area contributed by atoms with Crippen LogP contribution >= 0.6 is 0 Å². The Morgan fingerprint density at radius 3 is 2.77 bits per heavy atom. The first-order valence-corrected chi connectivity index (χ1v) is 9.14. The van der Waals surface area contributed by atoms with Crippen LogP contribution in [0.25, 0.3) is 0 Å². The highest BCUT2D eigenvalue weighted by molar-refractivity contribution is 7.88. The summed E-state index contributed by atoms with van der Waals surface area (Å²) in [4.78, 5) is 2.04. The minimum atomic E-state index is -3.18. The Hall–Kier alpha value is -1.72. The third-order valence-corrected chi connectivity index (χ3v) is 4.69. The lowest BCUT2D eigenvalue weighted by atomic mass is 9.97. The van der Waals surface area contributed by atoms with Crippen molar-refractivity contribution in [1.29, 1.82) is 5.26 Å². The second-order valence-corrected chi connectivity index (χ2v) is 7.63. The molecule has 0 amide bonds. The lowest BCUT2D eigenvalue weighted by Gasteiger charge is -2.34. The van der Waals surface area contributed by atoms with Gasteiger partial charge >= 0.3 is 0 Å². The van der Waals surface area contributed by atoms with Gasteiger partial charge in [-0.2, -0.15) is 10.4 Å². The number of nitriles is 1. The molecule has 22 heavy (non-hydrogen) atoms. The van der Waals surface area contributed by atoms with Gasteiger partial charge in [0, 0.05) is 19.6 Å². The maximum atomic E-state index is 11.2. The molecule has 2 heterocycles. The first-order chi connectivity index (χ1) is 10.3. The van der Waals surface area contributed by atoms with Crippen molar-refractivity contribution in [2.75, 3.05) is 30.8 Å². The molecule has 8 heteroatoms. The van der Waals surface area contributed by atoms with Crippen molar-refractivity contribution in [1.82, 2.24) is 14.9 Å². The molecule has 0 aromatic carbocycles. The highest BCUT2D eigenvalue weighted by Crippen LogP contribution is 2.26. The van der Waals surface area contributed by atoms with E-state index in [9.17, 15) is 13.7 Å². The van der Waals surface area contributed by atoms with E-state index in [1.807, 2.05) is 18.7 Å². The SMILES string of the molecule is Cc1nnc(N2CCC[C@H](CNS(C)(=O)=O)C2)c(C#N)c1C. The molecule has 0 bridgehead atoms. The topological polar surface area (TPSA) is 99.0 Å². The van der Waals surface area contributed by atoms with Gasteiger partial charge in [0.15, 0.2) is 5.82 Å². The van der Waals surface area contributed by atoms with E-state index in [1.165, 1.54) is 0 Å². The summed E-state index contributed by atoms with van der Waals surface area (Å²) in [5, 5.41) is 17.7. The van der Waals surface area contributed by atoms with Crippen LogP contribution in [0.5, 0.6) is 0 Å². The second kappa shape index (κ2) is 6.58. The fourth-order valence-corrected chi connectivity index (χ4v) is 3.18. The first kappa shape index (κ1) is 16.6. The Kier molecular flexibility index (Phi) is 4.98. The van der Waals surface area contributed by atoms with Crippen LogP contribution < -0.4 is 9.62 Å². The molecule has 0 radical (unpaired) electrons. The zero-order chi connectivity index (χ0) is 16.3. The van der Waals surface area contributed by atoms with Crippen molar-refractivity contribution in [3.05, 3.63) is 16.8 Å². The number of piperidine rings is 1. The Morgan fingerprint density at radius 1 is 1.41 bits per heavy atom. The van der Waals surface area contributed by atoms with Gasteiger partial charge in [0.1, 0.15) is 11.6 Å². The van der Waals surface area contributed by atoms with Crippen molar-refractivity contribution < 1.29 is 8.42 Å². The van der Waals surface area contributed by atoms with Crippen LogP contribution in [0.2, 0.25) is 0 Å². The molecular weight excluding hydrogens is 302 g/mol. The molecule has 1 N–H and O–H groups in total. The monoisotopic (exact) mass is 323 g/mol. The summed E-state index contributed by atoms with van der Waals surface area (Å²) in [7, 11) is -3.18. The number of aromatic nitrogens is 2. The highest BCUT2D eigenvalue weighted by atomic mass is 32.2. The van der Waals surface area contributed by atoms with Gasteiger partial charge in [-0.25, -0.2) is 13.1 Å². The number of hydrogen-bond donors (Lipinski definition) is 1. The van der Waals surface area contributed by atoms with Gasteiger partial charge in [0.2, 0.25) is 10.0 Å². The third kappa shape index (κ3) is 3.93. The summed E-state index contributed by atoms with van der Waals surface area (Å²) in [6.07, 6.45) is 3.06. The molecule has 1 aromatic rings. The molecule has 7 nitrogen and oxygen atoms in total. The lowest BCUT2D eigenvalue weighted by Crippen LogP contribution is -2.41. The Labute approximate surface area is 131 Å². The normalized spacial score (nSPS) is 19.0. The summed E-state index contributed by atoms with van der Waals surface area (Å²) < 4.78 is 25.0. The molecule has 0 unspecified atom stereocenters. The summed E-state index contributed by atoms with van der Waals surface area (Å²) in [6, 6.07) is 2.22. The smallest absolute Gasteiger partial charge is 0.208 e. The largest absolute Gasteiger partial charge is 0.354 e. The molecule has 120 valence electrons. The molecule has 1 fully saturated rings. The quantitative estimate of drug-likeness (QED) is 0.877. The maximum absolute atomic E-state index is 11.2. The van der Waals surface area contributed by atoms with Gasteiger partial charge in [-0.15, -0.1) is 5.10 Å². The zero-order valence-corrected chi connectivity index (χ0v) is 13.9. The average molecular weight is 323 g/mol. The molecule has 1 aliphatic heterocycles. The first-order valence-electron chi connectivity index (χ1n) is 7.25. The van der Waals surface area contributed by atoms with Crippen LogP contribution in [0.15, 0.2) is 0 Å². The molecule has 0 spiro atoms. The van der Waals surface area contributed by atoms with E-state index >= 15 is 0 Å². The van der Waals surface area contributed by atoms with Gasteiger partial charge < -0.3 is 4.90 Å². The third-order valence-electron chi connectivity index (χ3n) is 4.00. The van der Waals surface area contributed by atoms with Crippen LogP contribution in [-0.4, -0.2) is 44.5 Å². The van der Waals surface area contributed by atoms with Crippen LogP contribution in [0.3, 0.4) is 0 Å². The van der Waals surface area contributed by atoms with E-state index in [-0.39, 0.29) is 5.92 Å². The molecule has 0 aliphatic carbocycles. The highest BCUT2D eigenvalue weighted by Gasteiger charge is 2.25. The van der Waals surface area contributed by atoms with Crippen LogP contribution in [-0.2, 0) is 10.0 Å². The van der Waals surface area contributed by atoms with E-state index in [2.05, 4.69) is 21.0 Å². The van der Waals surface area contributed by atoms with Gasteiger partial charge in [-0.05, 0) is 38.2 Å². The number of sulfonamides is 1. The van der Waals surface area contributed by atoms with Gasteiger partial charge in [-0.3, -0.25) is 0 Å². The zero-order valence-electron chi connectivity index (χ0n) is 13.1. The van der Waals surface area contributed by atoms with Gasteiger partial charge in [0.05, 0.1) is 11.9 Å².